The molecule has 0 aromatic carbocycles. The van der Waals surface area contributed by atoms with Gasteiger partial charge < -0.3 is 11.1 Å². The molecule has 1 aromatic heterocycles. The number of rotatable bonds is 3. The first-order valence-electron chi connectivity index (χ1n) is 6.25. The third kappa shape index (κ3) is 2.90. The number of anilines is 1. The van der Waals surface area contributed by atoms with Crippen LogP contribution in [-0.4, -0.2) is 17.4 Å². The highest BCUT2D eigenvalue weighted by atomic mass is 79.9. The van der Waals surface area contributed by atoms with E-state index in [1.54, 1.807) is 6.20 Å². The smallest absolute Gasteiger partial charge is 0.227 e. The molecule has 1 aromatic rings. The number of carbonyl (C=O) groups excluding carboxylic acids is 1. The highest BCUT2D eigenvalue weighted by Crippen LogP contribution is 2.32. The summed E-state index contributed by atoms with van der Waals surface area (Å²) in [7, 11) is 0. The van der Waals surface area contributed by atoms with E-state index in [1.165, 1.54) is 0 Å². The van der Waals surface area contributed by atoms with Gasteiger partial charge in [-0.3, -0.25) is 4.79 Å². The molecule has 0 radical (unpaired) electrons. The van der Waals surface area contributed by atoms with Crippen molar-refractivity contribution in [2.45, 2.75) is 26.2 Å². The lowest BCUT2D eigenvalue weighted by molar-refractivity contribution is -0.120. The quantitative estimate of drug-likeness (QED) is 0.843. The number of nitrogens with two attached hydrogens (primary N) is 1. The van der Waals surface area contributed by atoms with Gasteiger partial charge in [0.2, 0.25) is 5.91 Å². The molecule has 0 bridgehead atoms. The maximum Gasteiger partial charge on any atom is 0.227 e. The van der Waals surface area contributed by atoms with Gasteiger partial charge >= 0.3 is 0 Å². The third-order valence-corrected chi connectivity index (χ3v) is 4.41. The van der Waals surface area contributed by atoms with Gasteiger partial charge in [-0.2, -0.15) is 0 Å². The van der Waals surface area contributed by atoms with Crippen molar-refractivity contribution in [1.29, 1.82) is 0 Å². The molecule has 1 aliphatic carbocycles. The number of aromatic nitrogens is 1. The molecular formula is C13H18BrN3O. The Morgan fingerprint density at radius 1 is 1.61 bits per heavy atom. The zero-order valence-corrected chi connectivity index (χ0v) is 12.0. The summed E-state index contributed by atoms with van der Waals surface area (Å²) in [6, 6.07) is 1.92. The van der Waals surface area contributed by atoms with Gasteiger partial charge in [-0.05, 0) is 59.8 Å². The van der Waals surface area contributed by atoms with Crippen LogP contribution in [0.15, 0.2) is 16.9 Å². The van der Waals surface area contributed by atoms with E-state index in [0.29, 0.717) is 12.5 Å². The van der Waals surface area contributed by atoms with Crippen LogP contribution >= 0.6 is 15.9 Å². The van der Waals surface area contributed by atoms with Crippen molar-refractivity contribution >= 4 is 27.5 Å². The van der Waals surface area contributed by atoms with Gasteiger partial charge in [-0.1, -0.05) is 6.42 Å². The minimum absolute atomic E-state index is 0.0546. The van der Waals surface area contributed by atoms with Crippen molar-refractivity contribution in [2.24, 2.45) is 17.6 Å². The van der Waals surface area contributed by atoms with Gasteiger partial charge in [0.05, 0.1) is 11.9 Å². The molecule has 3 N–H and O–H groups in total. The van der Waals surface area contributed by atoms with Crippen molar-refractivity contribution in [3.05, 3.63) is 22.4 Å². The summed E-state index contributed by atoms with van der Waals surface area (Å²) in [6.45, 7) is 2.54. The molecule has 1 fully saturated rings. The van der Waals surface area contributed by atoms with E-state index in [0.717, 1.165) is 35.1 Å². The molecule has 0 saturated heterocycles. The fourth-order valence-corrected chi connectivity index (χ4v) is 2.74. The van der Waals surface area contributed by atoms with Crippen molar-refractivity contribution < 1.29 is 4.79 Å². The molecule has 0 aliphatic heterocycles. The molecule has 2 rings (SSSR count). The second kappa shape index (κ2) is 5.80. The first kappa shape index (κ1) is 13.5. The summed E-state index contributed by atoms with van der Waals surface area (Å²) in [4.78, 5) is 16.3. The first-order chi connectivity index (χ1) is 8.61. The molecule has 18 heavy (non-hydrogen) atoms. The number of nitrogens with zero attached hydrogens (tertiary/aromatic N) is 1. The highest BCUT2D eigenvalue weighted by molar-refractivity contribution is 9.10. The van der Waals surface area contributed by atoms with Gasteiger partial charge in [0.15, 0.2) is 0 Å². The molecule has 98 valence electrons. The van der Waals surface area contributed by atoms with E-state index >= 15 is 0 Å². The van der Waals surface area contributed by atoms with Crippen LogP contribution in [0.1, 0.15) is 24.8 Å². The highest BCUT2D eigenvalue weighted by Gasteiger charge is 2.31. The Labute approximate surface area is 115 Å². The predicted octanol–water partition coefficient (Wildman–Crippen LogP) is 2.47. The number of halogens is 1. The molecule has 2 unspecified atom stereocenters. The number of nitrogens with one attached hydrogen (secondary N) is 1. The van der Waals surface area contributed by atoms with Gasteiger partial charge in [-0.15, -0.1) is 0 Å². The predicted molar refractivity (Wildman–Crippen MR) is 75.2 cm³/mol. The summed E-state index contributed by atoms with van der Waals surface area (Å²) < 4.78 is 0.807. The second-order valence-corrected chi connectivity index (χ2v) is 5.61. The van der Waals surface area contributed by atoms with Crippen LogP contribution in [0, 0.1) is 18.8 Å². The fraction of sp³-hybridized carbons (Fsp3) is 0.538. The fourth-order valence-electron chi connectivity index (χ4n) is 2.53. The summed E-state index contributed by atoms with van der Waals surface area (Å²) >= 11 is 3.34. The van der Waals surface area contributed by atoms with Crippen LogP contribution in [-0.2, 0) is 4.79 Å². The summed E-state index contributed by atoms with van der Waals surface area (Å²) in [6.07, 6.45) is 4.77. The Bertz CT molecular complexity index is 450. The largest absolute Gasteiger partial charge is 0.330 e. The topological polar surface area (TPSA) is 68.0 Å². The first-order valence-corrected chi connectivity index (χ1v) is 7.04. The summed E-state index contributed by atoms with van der Waals surface area (Å²) in [5.74, 6) is 0.458. The number of amides is 1. The maximum absolute atomic E-state index is 12.2. The van der Waals surface area contributed by atoms with Gasteiger partial charge in [0.1, 0.15) is 4.60 Å². The van der Waals surface area contributed by atoms with E-state index < -0.39 is 0 Å². The number of carbonyl (C=O) groups is 1. The molecule has 2 atom stereocenters. The molecule has 1 aliphatic rings. The lowest BCUT2D eigenvalue weighted by Gasteiger charge is -2.17. The van der Waals surface area contributed by atoms with Gasteiger partial charge in [0, 0.05) is 5.92 Å². The minimum atomic E-state index is 0.0546. The van der Waals surface area contributed by atoms with Crippen molar-refractivity contribution in [2.75, 3.05) is 11.9 Å². The molecule has 4 nitrogen and oxygen atoms in total. The monoisotopic (exact) mass is 311 g/mol. The van der Waals surface area contributed by atoms with Gasteiger partial charge in [-0.25, -0.2) is 4.98 Å². The van der Waals surface area contributed by atoms with E-state index in [4.69, 9.17) is 5.73 Å². The maximum atomic E-state index is 12.2. The summed E-state index contributed by atoms with van der Waals surface area (Å²) in [5.41, 5.74) is 7.46. The van der Waals surface area contributed by atoms with E-state index in [9.17, 15) is 4.79 Å². The third-order valence-electron chi connectivity index (χ3n) is 3.58. The Balaban J connectivity index is 2.04. The number of hydrogen-bond acceptors (Lipinski definition) is 3. The minimum Gasteiger partial charge on any atom is -0.330 e. The lowest BCUT2D eigenvalue weighted by atomic mass is 9.95. The SMILES string of the molecule is Cc1cc(NC(=O)C2CCCC2CN)cnc1Br. The van der Waals surface area contributed by atoms with Crippen LogP contribution in [0.2, 0.25) is 0 Å². The zero-order valence-electron chi connectivity index (χ0n) is 10.4. The average Bonchev–Trinajstić information content (AvgIpc) is 2.82. The van der Waals surface area contributed by atoms with Crippen molar-refractivity contribution in [3.8, 4) is 0 Å². The Hall–Kier alpha value is -0.940. The summed E-state index contributed by atoms with van der Waals surface area (Å²) in [5, 5.41) is 2.94. The molecule has 1 amide bonds. The van der Waals surface area contributed by atoms with Crippen LogP contribution in [0.4, 0.5) is 5.69 Å². The number of pyridine rings is 1. The number of hydrogen-bond donors (Lipinski definition) is 2. The average molecular weight is 312 g/mol. The van der Waals surface area contributed by atoms with E-state index in [1.807, 2.05) is 13.0 Å². The molecule has 5 heteroatoms. The van der Waals surface area contributed by atoms with E-state index in [2.05, 4.69) is 26.2 Å². The molecule has 1 heterocycles. The number of aryl methyl sites for hydroxylation is 1. The zero-order chi connectivity index (χ0) is 13.1. The van der Waals surface area contributed by atoms with E-state index in [-0.39, 0.29) is 11.8 Å². The second-order valence-electron chi connectivity index (χ2n) is 4.85. The lowest BCUT2D eigenvalue weighted by Crippen LogP contribution is -2.29. The van der Waals surface area contributed by atoms with Crippen LogP contribution in [0.5, 0.6) is 0 Å². The Morgan fingerprint density at radius 2 is 2.39 bits per heavy atom. The van der Waals surface area contributed by atoms with Gasteiger partial charge in [0.25, 0.3) is 0 Å². The molecule has 1 saturated carbocycles. The van der Waals surface area contributed by atoms with Crippen LogP contribution in [0.3, 0.4) is 0 Å². The molecular weight excluding hydrogens is 294 g/mol. The van der Waals surface area contributed by atoms with Crippen LogP contribution in [0.25, 0.3) is 0 Å². The normalized spacial score (nSPS) is 23.1. The van der Waals surface area contributed by atoms with Crippen molar-refractivity contribution in [3.63, 3.8) is 0 Å². The Kier molecular flexibility index (Phi) is 4.35. The Morgan fingerprint density at radius 3 is 3.06 bits per heavy atom. The standard InChI is InChI=1S/C13H18BrN3O/c1-8-5-10(7-16-12(8)14)17-13(18)11-4-2-3-9(11)6-15/h5,7,9,11H,2-4,6,15H2,1H3,(H,17,18). The van der Waals surface area contributed by atoms with Crippen molar-refractivity contribution in [1.82, 2.24) is 4.98 Å². The molecule has 0 spiro atoms. The van der Waals surface area contributed by atoms with Crippen LogP contribution < -0.4 is 11.1 Å².